The van der Waals surface area contributed by atoms with Gasteiger partial charge in [-0.1, -0.05) is 0 Å². The fourth-order valence-corrected chi connectivity index (χ4v) is 2.53. The molecule has 0 atom stereocenters. The van der Waals surface area contributed by atoms with Crippen LogP contribution in [-0.4, -0.2) is 36.5 Å². The summed E-state index contributed by atoms with van der Waals surface area (Å²) in [5.74, 6) is 0.786. The molecule has 2 aromatic rings. The highest BCUT2D eigenvalue weighted by atomic mass is 127. The van der Waals surface area contributed by atoms with Crippen LogP contribution < -0.4 is 16.0 Å². The molecule has 0 saturated carbocycles. The van der Waals surface area contributed by atoms with E-state index in [0.29, 0.717) is 31.4 Å². The van der Waals surface area contributed by atoms with E-state index < -0.39 is 0 Å². The maximum atomic E-state index is 11.7. The summed E-state index contributed by atoms with van der Waals surface area (Å²) in [6.45, 7) is 6.36. The molecular weight excluding hydrogens is 441 g/mol. The van der Waals surface area contributed by atoms with Gasteiger partial charge in [0.25, 0.3) is 5.91 Å². The van der Waals surface area contributed by atoms with E-state index in [4.69, 9.17) is 4.42 Å². The summed E-state index contributed by atoms with van der Waals surface area (Å²) >= 11 is 1.64. The molecule has 2 heterocycles. The molecule has 2 aromatic heterocycles. The normalized spacial score (nSPS) is 10.8. The Bertz CT molecular complexity index is 642. The molecule has 0 unspecified atom stereocenters. The SMILES string of the molecule is CCNC(=NCc1ncc(C)s1)NCCNC(=O)c1ccco1.I. The third-order valence-electron chi connectivity index (χ3n) is 2.83. The van der Waals surface area contributed by atoms with Crippen LogP contribution in [0, 0.1) is 6.92 Å². The van der Waals surface area contributed by atoms with Crippen LogP contribution in [0.15, 0.2) is 34.0 Å². The van der Waals surface area contributed by atoms with Crippen LogP contribution >= 0.6 is 35.3 Å². The number of nitrogens with zero attached hydrogens (tertiary/aromatic N) is 2. The summed E-state index contributed by atoms with van der Waals surface area (Å²) in [6, 6.07) is 3.31. The van der Waals surface area contributed by atoms with Gasteiger partial charge in [-0.25, -0.2) is 9.98 Å². The van der Waals surface area contributed by atoms with Crippen LogP contribution in [0.3, 0.4) is 0 Å². The average Bonchev–Trinajstić information content (AvgIpc) is 3.20. The van der Waals surface area contributed by atoms with Crippen molar-refractivity contribution >= 4 is 47.2 Å². The number of nitrogens with one attached hydrogen (secondary N) is 3. The smallest absolute Gasteiger partial charge is 0.287 e. The maximum absolute atomic E-state index is 11.7. The van der Waals surface area contributed by atoms with Gasteiger partial charge in [0.1, 0.15) is 5.01 Å². The number of hydrogen-bond acceptors (Lipinski definition) is 5. The Labute approximate surface area is 162 Å². The Kier molecular flexibility index (Phi) is 9.38. The Morgan fingerprint density at radius 1 is 1.33 bits per heavy atom. The van der Waals surface area contributed by atoms with E-state index in [2.05, 4.69) is 25.9 Å². The number of thiazole rings is 1. The van der Waals surface area contributed by atoms with Gasteiger partial charge in [0.2, 0.25) is 0 Å². The van der Waals surface area contributed by atoms with Gasteiger partial charge in [0.15, 0.2) is 11.7 Å². The predicted octanol–water partition coefficient (Wildman–Crippen LogP) is 2.15. The molecule has 132 valence electrons. The highest BCUT2D eigenvalue weighted by Gasteiger charge is 2.07. The van der Waals surface area contributed by atoms with Crippen molar-refractivity contribution in [2.75, 3.05) is 19.6 Å². The largest absolute Gasteiger partial charge is 0.459 e. The van der Waals surface area contributed by atoms with Crippen LogP contribution in [-0.2, 0) is 6.54 Å². The van der Waals surface area contributed by atoms with Crippen molar-refractivity contribution in [1.82, 2.24) is 20.9 Å². The Balaban J connectivity index is 0.00000288. The van der Waals surface area contributed by atoms with Gasteiger partial charge >= 0.3 is 0 Å². The second-order valence-electron chi connectivity index (χ2n) is 4.72. The molecular formula is C15H22IN5O2S. The van der Waals surface area contributed by atoms with Gasteiger partial charge in [-0.3, -0.25) is 4.79 Å². The Morgan fingerprint density at radius 2 is 2.12 bits per heavy atom. The first-order chi connectivity index (χ1) is 11.2. The van der Waals surface area contributed by atoms with Gasteiger partial charge in [-0.05, 0) is 26.0 Å². The number of amides is 1. The van der Waals surface area contributed by atoms with Crippen molar-refractivity contribution in [3.63, 3.8) is 0 Å². The van der Waals surface area contributed by atoms with Crippen molar-refractivity contribution in [3.8, 4) is 0 Å². The summed E-state index contributed by atoms with van der Waals surface area (Å²) in [4.78, 5) is 21.6. The average molecular weight is 463 g/mol. The second-order valence-corrected chi connectivity index (χ2v) is 6.04. The van der Waals surface area contributed by atoms with Crippen molar-refractivity contribution in [2.24, 2.45) is 4.99 Å². The van der Waals surface area contributed by atoms with E-state index in [-0.39, 0.29) is 29.9 Å². The van der Waals surface area contributed by atoms with Gasteiger partial charge < -0.3 is 20.4 Å². The number of aromatic nitrogens is 1. The lowest BCUT2D eigenvalue weighted by Crippen LogP contribution is -2.41. The Morgan fingerprint density at radius 3 is 2.75 bits per heavy atom. The van der Waals surface area contributed by atoms with Crippen LogP contribution in [0.1, 0.15) is 27.4 Å². The number of halogens is 1. The number of carbonyl (C=O) groups is 1. The molecule has 0 aromatic carbocycles. The summed E-state index contributed by atoms with van der Waals surface area (Å²) < 4.78 is 5.03. The monoisotopic (exact) mass is 463 g/mol. The third-order valence-corrected chi connectivity index (χ3v) is 3.73. The number of aryl methyl sites for hydroxylation is 1. The van der Waals surface area contributed by atoms with Crippen LogP contribution in [0.5, 0.6) is 0 Å². The second kappa shape index (κ2) is 11.0. The number of hydrogen-bond donors (Lipinski definition) is 3. The van der Waals surface area contributed by atoms with E-state index in [9.17, 15) is 4.79 Å². The zero-order valence-corrected chi connectivity index (χ0v) is 16.8. The van der Waals surface area contributed by atoms with E-state index in [1.807, 2.05) is 20.0 Å². The first kappa shape index (κ1) is 20.4. The number of rotatable bonds is 7. The van der Waals surface area contributed by atoms with Crippen molar-refractivity contribution in [2.45, 2.75) is 20.4 Å². The molecule has 9 heteroatoms. The molecule has 0 radical (unpaired) electrons. The van der Waals surface area contributed by atoms with E-state index in [1.165, 1.54) is 11.1 Å². The zero-order chi connectivity index (χ0) is 16.5. The minimum absolute atomic E-state index is 0. The number of aliphatic imine (C=N–C) groups is 1. The fourth-order valence-electron chi connectivity index (χ4n) is 1.81. The molecule has 7 nitrogen and oxygen atoms in total. The lowest BCUT2D eigenvalue weighted by Gasteiger charge is -2.11. The molecule has 0 saturated heterocycles. The van der Waals surface area contributed by atoms with Crippen molar-refractivity contribution in [3.05, 3.63) is 40.2 Å². The molecule has 0 aliphatic rings. The van der Waals surface area contributed by atoms with Gasteiger partial charge in [0, 0.05) is 30.7 Å². The molecule has 0 bridgehead atoms. The lowest BCUT2D eigenvalue weighted by molar-refractivity contribution is 0.0926. The van der Waals surface area contributed by atoms with Gasteiger partial charge in [0.05, 0.1) is 12.8 Å². The highest BCUT2D eigenvalue weighted by Crippen LogP contribution is 2.11. The van der Waals surface area contributed by atoms with Crippen LogP contribution in [0.25, 0.3) is 0 Å². The molecule has 0 fully saturated rings. The maximum Gasteiger partial charge on any atom is 0.287 e. The standard InChI is InChI=1S/C15H21N5O2S.HI/c1-3-16-15(20-10-13-19-9-11(2)23-13)18-7-6-17-14(21)12-5-4-8-22-12;/h4-5,8-9H,3,6-7,10H2,1-2H3,(H,17,21)(H2,16,18,20);1H. The Hall–Kier alpha value is -1.62. The zero-order valence-electron chi connectivity index (χ0n) is 13.7. The van der Waals surface area contributed by atoms with Gasteiger partial charge in [-0.15, -0.1) is 35.3 Å². The van der Waals surface area contributed by atoms with Crippen LogP contribution in [0.2, 0.25) is 0 Å². The number of carbonyl (C=O) groups excluding carboxylic acids is 1. The van der Waals surface area contributed by atoms with Crippen LogP contribution in [0.4, 0.5) is 0 Å². The molecule has 0 spiro atoms. The molecule has 3 N–H and O–H groups in total. The van der Waals surface area contributed by atoms with Crippen molar-refractivity contribution in [1.29, 1.82) is 0 Å². The third kappa shape index (κ3) is 6.87. The minimum atomic E-state index is -0.225. The molecule has 2 rings (SSSR count). The highest BCUT2D eigenvalue weighted by molar-refractivity contribution is 14.0. The predicted molar refractivity (Wildman–Crippen MR) is 106 cm³/mol. The minimum Gasteiger partial charge on any atom is -0.459 e. The lowest BCUT2D eigenvalue weighted by atomic mass is 10.4. The molecule has 1 amide bonds. The fraction of sp³-hybridized carbons (Fsp3) is 0.400. The van der Waals surface area contributed by atoms with Gasteiger partial charge in [-0.2, -0.15) is 0 Å². The van der Waals surface area contributed by atoms with E-state index in [0.717, 1.165) is 11.6 Å². The quantitative estimate of drug-likeness (QED) is 0.253. The first-order valence-electron chi connectivity index (χ1n) is 7.44. The summed E-state index contributed by atoms with van der Waals surface area (Å²) in [5.41, 5.74) is 0. The summed E-state index contributed by atoms with van der Waals surface area (Å²) in [7, 11) is 0. The topological polar surface area (TPSA) is 91.5 Å². The summed E-state index contributed by atoms with van der Waals surface area (Å²) in [5, 5.41) is 10.1. The molecule has 24 heavy (non-hydrogen) atoms. The summed E-state index contributed by atoms with van der Waals surface area (Å²) in [6.07, 6.45) is 3.32. The molecule has 0 aliphatic carbocycles. The van der Waals surface area contributed by atoms with Crippen molar-refractivity contribution < 1.29 is 9.21 Å². The number of guanidine groups is 1. The molecule has 0 aliphatic heterocycles. The van der Waals surface area contributed by atoms with E-state index >= 15 is 0 Å². The number of furan rings is 1. The van der Waals surface area contributed by atoms with E-state index in [1.54, 1.807) is 23.5 Å². The first-order valence-corrected chi connectivity index (χ1v) is 8.26.